The standard InChI is InChI=1S/C15H16N2O/c1-5-15(3,14(2,10-16)11-17)12-6-8-13(18-4)9-7-12/h5-9H,1H2,2-4H3/t15-/m0/s1. The molecule has 0 heterocycles. The number of nitrogens with zero attached hydrogens (tertiary/aromatic N) is 2. The lowest BCUT2D eigenvalue weighted by atomic mass is 9.63. The molecule has 0 unspecified atom stereocenters. The number of nitriles is 2. The molecule has 0 aliphatic carbocycles. The largest absolute Gasteiger partial charge is 0.497 e. The van der Waals surface area contributed by atoms with Crippen LogP contribution in [-0.2, 0) is 5.41 Å². The molecule has 0 aromatic heterocycles. The van der Waals surface area contributed by atoms with Gasteiger partial charge in [0.25, 0.3) is 0 Å². The van der Waals surface area contributed by atoms with E-state index in [1.807, 2.05) is 31.2 Å². The first-order chi connectivity index (χ1) is 8.47. The Labute approximate surface area is 108 Å². The van der Waals surface area contributed by atoms with E-state index < -0.39 is 10.8 Å². The Morgan fingerprint density at radius 1 is 1.17 bits per heavy atom. The molecule has 0 fully saturated rings. The fraction of sp³-hybridized carbons (Fsp3) is 0.333. The van der Waals surface area contributed by atoms with E-state index in [1.165, 1.54) is 0 Å². The van der Waals surface area contributed by atoms with Gasteiger partial charge in [-0.25, -0.2) is 0 Å². The molecule has 92 valence electrons. The van der Waals surface area contributed by atoms with Gasteiger partial charge in [0.05, 0.1) is 19.2 Å². The Balaban J connectivity index is 3.36. The summed E-state index contributed by atoms with van der Waals surface area (Å²) < 4.78 is 5.10. The average molecular weight is 240 g/mol. The predicted octanol–water partition coefficient (Wildman–Crippen LogP) is 3.19. The number of allylic oxidation sites excluding steroid dienone is 1. The topological polar surface area (TPSA) is 56.8 Å². The van der Waals surface area contributed by atoms with E-state index in [-0.39, 0.29) is 0 Å². The maximum atomic E-state index is 9.27. The van der Waals surface area contributed by atoms with Crippen molar-refractivity contribution in [3.63, 3.8) is 0 Å². The molecule has 18 heavy (non-hydrogen) atoms. The van der Waals surface area contributed by atoms with Gasteiger partial charge < -0.3 is 4.74 Å². The third kappa shape index (κ3) is 1.96. The van der Waals surface area contributed by atoms with Crippen LogP contribution in [0.15, 0.2) is 36.9 Å². The molecule has 1 aromatic carbocycles. The molecule has 3 nitrogen and oxygen atoms in total. The Hall–Kier alpha value is -2.26. The van der Waals surface area contributed by atoms with Crippen LogP contribution in [0.4, 0.5) is 0 Å². The Morgan fingerprint density at radius 2 is 1.67 bits per heavy atom. The SMILES string of the molecule is C=C[C@@](C)(c1ccc(OC)cc1)C(C)(C#N)C#N. The van der Waals surface area contributed by atoms with Crippen molar-refractivity contribution in [2.45, 2.75) is 19.3 Å². The van der Waals surface area contributed by atoms with Crippen LogP contribution in [0, 0.1) is 28.1 Å². The molecule has 1 aromatic rings. The minimum absolute atomic E-state index is 0.733. The molecule has 0 spiro atoms. The average Bonchev–Trinajstić information content (AvgIpc) is 2.45. The molecular weight excluding hydrogens is 224 g/mol. The second-order valence-corrected chi connectivity index (χ2v) is 4.48. The van der Waals surface area contributed by atoms with Crippen LogP contribution in [0.2, 0.25) is 0 Å². The minimum atomic E-state index is -1.16. The molecule has 0 radical (unpaired) electrons. The Kier molecular flexibility index (Phi) is 3.79. The zero-order valence-corrected chi connectivity index (χ0v) is 10.9. The van der Waals surface area contributed by atoms with Crippen LogP contribution in [0.5, 0.6) is 5.75 Å². The summed E-state index contributed by atoms with van der Waals surface area (Å²) in [6.07, 6.45) is 1.65. The quantitative estimate of drug-likeness (QED) is 0.759. The molecule has 1 atom stereocenters. The monoisotopic (exact) mass is 240 g/mol. The maximum absolute atomic E-state index is 9.27. The first-order valence-electron chi connectivity index (χ1n) is 5.58. The lowest BCUT2D eigenvalue weighted by Crippen LogP contribution is -2.37. The molecule has 0 N–H and O–H groups in total. The highest BCUT2D eigenvalue weighted by Gasteiger charge is 2.44. The molecule has 0 amide bonds. The van der Waals surface area contributed by atoms with E-state index >= 15 is 0 Å². The van der Waals surface area contributed by atoms with Crippen molar-refractivity contribution in [3.8, 4) is 17.9 Å². The highest BCUT2D eigenvalue weighted by atomic mass is 16.5. The Bertz CT molecular complexity index is 505. The van der Waals surface area contributed by atoms with Crippen molar-refractivity contribution in [3.05, 3.63) is 42.5 Å². The van der Waals surface area contributed by atoms with Gasteiger partial charge in [-0.15, -0.1) is 6.58 Å². The molecule has 0 aliphatic heterocycles. The second kappa shape index (κ2) is 4.94. The van der Waals surface area contributed by atoms with Crippen molar-refractivity contribution in [2.75, 3.05) is 7.11 Å². The van der Waals surface area contributed by atoms with Gasteiger partial charge >= 0.3 is 0 Å². The van der Waals surface area contributed by atoms with Crippen molar-refractivity contribution in [1.29, 1.82) is 10.5 Å². The number of rotatable bonds is 4. The van der Waals surface area contributed by atoms with Crippen LogP contribution in [0.3, 0.4) is 0 Å². The summed E-state index contributed by atoms with van der Waals surface area (Å²) in [7, 11) is 1.59. The van der Waals surface area contributed by atoms with E-state index in [9.17, 15) is 10.5 Å². The fourth-order valence-electron chi connectivity index (χ4n) is 1.81. The molecule has 0 saturated heterocycles. The molecule has 0 aliphatic rings. The van der Waals surface area contributed by atoms with Gasteiger partial charge in [-0.3, -0.25) is 0 Å². The molecule has 1 rings (SSSR count). The van der Waals surface area contributed by atoms with E-state index in [2.05, 4.69) is 18.7 Å². The minimum Gasteiger partial charge on any atom is -0.497 e. The van der Waals surface area contributed by atoms with Crippen LogP contribution in [0.1, 0.15) is 19.4 Å². The van der Waals surface area contributed by atoms with Gasteiger partial charge in [0.2, 0.25) is 0 Å². The third-order valence-corrected chi connectivity index (χ3v) is 3.58. The number of benzene rings is 1. The van der Waals surface area contributed by atoms with Gasteiger partial charge in [-0.2, -0.15) is 10.5 Å². The summed E-state index contributed by atoms with van der Waals surface area (Å²) in [5.41, 5.74) is -1.03. The highest BCUT2D eigenvalue weighted by molar-refractivity contribution is 5.42. The fourth-order valence-corrected chi connectivity index (χ4v) is 1.81. The highest BCUT2D eigenvalue weighted by Crippen LogP contribution is 2.42. The summed E-state index contributed by atoms with van der Waals surface area (Å²) in [5.74, 6) is 0.737. The lowest BCUT2D eigenvalue weighted by Gasteiger charge is -2.35. The molecule has 0 saturated carbocycles. The van der Waals surface area contributed by atoms with Gasteiger partial charge in [0.15, 0.2) is 5.41 Å². The van der Waals surface area contributed by atoms with E-state index in [0.29, 0.717) is 0 Å². The number of methoxy groups -OCH3 is 1. The zero-order valence-electron chi connectivity index (χ0n) is 10.9. The molecule has 0 bridgehead atoms. The molecular formula is C15H16N2O. The van der Waals surface area contributed by atoms with Gasteiger partial charge in [-0.1, -0.05) is 18.2 Å². The maximum Gasteiger partial charge on any atom is 0.153 e. The number of hydrogen-bond acceptors (Lipinski definition) is 3. The summed E-state index contributed by atoms with van der Waals surface area (Å²) in [4.78, 5) is 0. The van der Waals surface area contributed by atoms with Gasteiger partial charge in [0, 0.05) is 5.41 Å². The number of hydrogen-bond donors (Lipinski definition) is 0. The predicted molar refractivity (Wildman–Crippen MR) is 69.9 cm³/mol. The van der Waals surface area contributed by atoms with Crippen molar-refractivity contribution in [2.24, 2.45) is 5.41 Å². The first kappa shape index (κ1) is 13.8. The van der Waals surface area contributed by atoms with Gasteiger partial charge in [-0.05, 0) is 31.5 Å². The van der Waals surface area contributed by atoms with E-state index in [0.717, 1.165) is 11.3 Å². The van der Waals surface area contributed by atoms with Crippen molar-refractivity contribution in [1.82, 2.24) is 0 Å². The number of ether oxygens (including phenoxy) is 1. The first-order valence-corrected chi connectivity index (χ1v) is 5.58. The normalized spacial score (nSPS) is 13.8. The summed E-state index contributed by atoms with van der Waals surface area (Å²) in [6.45, 7) is 7.25. The van der Waals surface area contributed by atoms with Crippen LogP contribution in [-0.4, -0.2) is 7.11 Å². The van der Waals surface area contributed by atoms with E-state index in [4.69, 9.17) is 4.74 Å². The van der Waals surface area contributed by atoms with E-state index in [1.54, 1.807) is 20.1 Å². The smallest absolute Gasteiger partial charge is 0.153 e. The summed E-state index contributed by atoms with van der Waals surface area (Å²) in [5, 5.41) is 18.5. The van der Waals surface area contributed by atoms with Crippen molar-refractivity contribution >= 4 is 0 Å². The molecule has 3 heteroatoms. The summed E-state index contributed by atoms with van der Waals surface area (Å²) in [6, 6.07) is 11.5. The Morgan fingerprint density at radius 3 is 2.00 bits per heavy atom. The van der Waals surface area contributed by atoms with Crippen molar-refractivity contribution < 1.29 is 4.74 Å². The second-order valence-electron chi connectivity index (χ2n) is 4.48. The van der Waals surface area contributed by atoms with Gasteiger partial charge in [0.1, 0.15) is 5.75 Å². The lowest BCUT2D eigenvalue weighted by molar-refractivity contribution is 0.372. The van der Waals surface area contributed by atoms with Crippen LogP contribution >= 0.6 is 0 Å². The van der Waals surface area contributed by atoms with Crippen LogP contribution in [0.25, 0.3) is 0 Å². The third-order valence-electron chi connectivity index (χ3n) is 3.58. The zero-order chi connectivity index (χ0) is 13.8. The summed E-state index contributed by atoms with van der Waals surface area (Å²) >= 11 is 0. The van der Waals surface area contributed by atoms with Crippen LogP contribution < -0.4 is 4.74 Å².